The summed E-state index contributed by atoms with van der Waals surface area (Å²) in [5, 5.41) is 9.08. The molecule has 0 amide bonds. The molecule has 1 aromatic heterocycles. The van der Waals surface area contributed by atoms with E-state index in [-0.39, 0.29) is 5.41 Å². The maximum atomic E-state index is 9.08. The van der Waals surface area contributed by atoms with Gasteiger partial charge in [0.25, 0.3) is 0 Å². The van der Waals surface area contributed by atoms with Crippen LogP contribution in [0.1, 0.15) is 30.5 Å². The van der Waals surface area contributed by atoms with Crippen molar-refractivity contribution in [3.63, 3.8) is 0 Å². The fourth-order valence-electron chi connectivity index (χ4n) is 1.75. The lowest BCUT2D eigenvalue weighted by molar-refractivity contribution is 0.323. The van der Waals surface area contributed by atoms with Crippen LogP contribution in [0, 0.1) is 18.3 Å². The molecule has 1 fully saturated rings. The highest BCUT2D eigenvalue weighted by molar-refractivity contribution is 5.33. The van der Waals surface area contributed by atoms with E-state index < -0.39 is 0 Å². The third-order valence-corrected chi connectivity index (χ3v) is 2.89. The maximum absolute atomic E-state index is 9.08. The number of rotatable bonds is 1. The zero-order valence-corrected chi connectivity index (χ0v) is 7.75. The molecule has 13 heavy (non-hydrogen) atoms. The molecule has 2 rings (SSSR count). The first-order chi connectivity index (χ1) is 6.27. The first-order valence-corrected chi connectivity index (χ1v) is 4.61. The molecular formula is C11H12N2. The molecule has 0 aliphatic heterocycles. The zero-order chi connectivity index (χ0) is 9.31. The Labute approximate surface area is 78.2 Å². The largest absolute Gasteiger partial charge is 0.261 e. The first-order valence-electron chi connectivity index (χ1n) is 4.61. The van der Waals surface area contributed by atoms with Gasteiger partial charge in [0.15, 0.2) is 0 Å². The van der Waals surface area contributed by atoms with Gasteiger partial charge in [0.1, 0.15) is 0 Å². The van der Waals surface area contributed by atoms with Crippen molar-refractivity contribution in [1.29, 1.82) is 5.26 Å². The minimum Gasteiger partial charge on any atom is -0.261 e. The van der Waals surface area contributed by atoms with Crippen molar-refractivity contribution in [3.8, 4) is 6.07 Å². The van der Waals surface area contributed by atoms with Crippen LogP contribution in [0.2, 0.25) is 0 Å². The van der Waals surface area contributed by atoms with E-state index in [2.05, 4.69) is 11.1 Å². The normalized spacial score (nSPS) is 18.8. The summed E-state index contributed by atoms with van der Waals surface area (Å²) >= 11 is 0. The lowest BCUT2D eigenvalue weighted by Gasteiger charge is -2.35. The zero-order valence-electron chi connectivity index (χ0n) is 7.75. The van der Waals surface area contributed by atoms with E-state index in [4.69, 9.17) is 5.26 Å². The highest BCUT2D eigenvalue weighted by Gasteiger charge is 2.38. The van der Waals surface area contributed by atoms with Gasteiger partial charge in [-0.15, -0.1) is 0 Å². The van der Waals surface area contributed by atoms with Crippen molar-refractivity contribution in [2.75, 3.05) is 0 Å². The second kappa shape index (κ2) is 2.85. The highest BCUT2D eigenvalue weighted by atomic mass is 14.7. The molecule has 1 aliphatic rings. The molecular weight excluding hydrogens is 160 g/mol. The van der Waals surface area contributed by atoms with E-state index in [1.54, 1.807) is 0 Å². The average Bonchev–Trinajstić information content (AvgIpc) is 2.07. The second-order valence-electron chi connectivity index (χ2n) is 3.74. The Morgan fingerprint density at radius 3 is 2.62 bits per heavy atom. The predicted molar refractivity (Wildman–Crippen MR) is 50.1 cm³/mol. The molecule has 0 bridgehead atoms. The smallest absolute Gasteiger partial charge is 0.0837 e. The molecule has 1 aliphatic carbocycles. The summed E-state index contributed by atoms with van der Waals surface area (Å²) < 4.78 is 0. The molecule has 0 N–H and O–H groups in total. The van der Waals surface area contributed by atoms with E-state index >= 15 is 0 Å². The SMILES string of the molecule is Cc1ccc(C2(C#N)CCC2)cn1. The van der Waals surface area contributed by atoms with Crippen LogP contribution in [0.4, 0.5) is 0 Å². The van der Waals surface area contributed by atoms with Crippen LogP contribution in [0.5, 0.6) is 0 Å². The molecule has 2 nitrogen and oxygen atoms in total. The van der Waals surface area contributed by atoms with Crippen LogP contribution < -0.4 is 0 Å². The standard InChI is InChI=1S/C11H12N2/c1-9-3-4-10(7-13-9)11(8-12)5-2-6-11/h3-4,7H,2,5-6H2,1H3. The Hall–Kier alpha value is -1.36. The second-order valence-corrected chi connectivity index (χ2v) is 3.74. The van der Waals surface area contributed by atoms with Gasteiger partial charge >= 0.3 is 0 Å². The van der Waals surface area contributed by atoms with Gasteiger partial charge in [0, 0.05) is 11.9 Å². The summed E-state index contributed by atoms with van der Waals surface area (Å²) in [4.78, 5) is 4.22. The van der Waals surface area contributed by atoms with Crippen LogP contribution >= 0.6 is 0 Å². The number of aromatic nitrogens is 1. The van der Waals surface area contributed by atoms with Gasteiger partial charge in [-0.2, -0.15) is 5.26 Å². The third-order valence-electron chi connectivity index (χ3n) is 2.89. The lowest BCUT2D eigenvalue weighted by Crippen LogP contribution is -2.32. The lowest BCUT2D eigenvalue weighted by atomic mass is 9.66. The van der Waals surface area contributed by atoms with Gasteiger partial charge in [-0.1, -0.05) is 6.07 Å². The number of hydrogen-bond donors (Lipinski definition) is 0. The topological polar surface area (TPSA) is 36.7 Å². The van der Waals surface area contributed by atoms with Crippen molar-refractivity contribution in [2.45, 2.75) is 31.6 Å². The summed E-state index contributed by atoms with van der Waals surface area (Å²) in [6.45, 7) is 1.96. The number of hydrogen-bond acceptors (Lipinski definition) is 2. The van der Waals surface area contributed by atoms with E-state index in [1.807, 2.05) is 25.3 Å². The van der Waals surface area contributed by atoms with Crippen LogP contribution in [0.3, 0.4) is 0 Å². The van der Waals surface area contributed by atoms with Gasteiger partial charge in [-0.25, -0.2) is 0 Å². The minimum atomic E-state index is -0.208. The maximum Gasteiger partial charge on any atom is 0.0837 e. The molecule has 0 radical (unpaired) electrons. The van der Waals surface area contributed by atoms with Crippen LogP contribution in [-0.2, 0) is 5.41 Å². The fraction of sp³-hybridized carbons (Fsp3) is 0.455. The monoisotopic (exact) mass is 172 g/mol. The van der Waals surface area contributed by atoms with Gasteiger partial charge in [-0.3, -0.25) is 4.98 Å². The van der Waals surface area contributed by atoms with Crippen LogP contribution in [-0.4, -0.2) is 4.98 Å². The molecule has 0 aromatic carbocycles. The average molecular weight is 172 g/mol. The Kier molecular flexibility index (Phi) is 1.81. The van der Waals surface area contributed by atoms with Crippen molar-refractivity contribution >= 4 is 0 Å². The molecule has 0 atom stereocenters. The van der Waals surface area contributed by atoms with Crippen molar-refractivity contribution < 1.29 is 0 Å². The number of aryl methyl sites for hydroxylation is 1. The van der Waals surface area contributed by atoms with Gasteiger partial charge < -0.3 is 0 Å². The molecule has 0 saturated heterocycles. The summed E-state index contributed by atoms with van der Waals surface area (Å²) in [7, 11) is 0. The van der Waals surface area contributed by atoms with E-state index in [1.165, 1.54) is 6.42 Å². The van der Waals surface area contributed by atoms with Gasteiger partial charge in [0.2, 0.25) is 0 Å². The molecule has 1 heterocycles. The summed E-state index contributed by atoms with van der Waals surface area (Å²) in [6, 6.07) is 6.42. The quantitative estimate of drug-likeness (QED) is 0.652. The van der Waals surface area contributed by atoms with Crippen LogP contribution in [0.15, 0.2) is 18.3 Å². The molecule has 66 valence electrons. The fourth-order valence-corrected chi connectivity index (χ4v) is 1.75. The summed E-state index contributed by atoms with van der Waals surface area (Å²) in [5.41, 5.74) is 1.89. The van der Waals surface area contributed by atoms with Crippen molar-refractivity contribution in [2.24, 2.45) is 0 Å². The third kappa shape index (κ3) is 1.21. The van der Waals surface area contributed by atoms with E-state index in [9.17, 15) is 0 Å². The number of pyridine rings is 1. The Morgan fingerprint density at radius 2 is 2.23 bits per heavy atom. The molecule has 2 heteroatoms. The summed E-state index contributed by atoms with van der Waals surface area (Å²) in [6.07, 6.45) is 5.00. The summed E-state index contributed by atoms with van der Waals surface area (Å²) in [5.74, 6) is 0. The Morgan fingerprint density at radius 1 is 1.46 bits per heavy atom. The number of nitriles is 1. The minimum absolute atomic E-state index is 0.208. The molecule has 1 aromatic rings. The first kappa shape index (κ1) is 8.25. The van der Waals surface area contributed by atoms with E-state index in [0.717, 1.165) is 24.1 Å². The Balaban J connectivity index is 2.35. The molecule has 0 unspecified atom stereocenters. The predicted octanol–water partition coefficient (Wildman–Crippen LogP) is 2.34. The number of nitrogens with zero attached hydrogens (tertiary/aromatic N) is 2. The van der Waals surface area contributed by atoms with Crippen molar-refractivity contribution in [1.82, 2.24) is 4.98 Å². The Bertz CT molecular complexity index is 341. The molecule has 0 spiro atoms. The van der Waals surface area contributed by atoms with Crippen molar-refractivity contribution in [3.05, 3.63) is 29.6 Å². The van der Waals surface area contributed by atoms with Gasteiger partial charge in [-0.05, 0) is 37.8 Å². The van der Waals surface area contributed by atoms with E-state index in [0.29, 0.717) is 0 Å². The van der Waals surface area contributed by atoms with Crippen LogP contribution in [0.25, 0.3) is 0 Å². The highest BCUT2D eigenvalue weighted by Crippen LogP contribution is 2.42. The van der Waals surface area contributed by atoms with Gasteiger partial charge in [0.05, 0.1) is 11.5 Å². The molecule has 1 saturated carbocycles.